The van der Waals surface area contributed by atoms with Gasteiger partial charge >= 0.3 is 0 Å². The zero-order valence-corrected chi connectivity index (χ0v) is 8.31. The van der Waals surface area contributed by atoms with Gasteiger partial charge in [-0.15, -0.1) is 5.06 Å². The number of nitrogens with one attached hydrogen (secondary N) is 1. The zero-order valence-electron chi connectivity index (χ0n) is 8.31. The van der Waals surface area contributed by atoms with Gasteiger partial charge in [0, 0.05) is 13.1 Å². The van der Waals surface area contributed by atoms with Crippen LogP contribution < -0.4 is 4.84 Å². The Bertz CT molecular complexity index is 461. The second-order valence-corrected chi connectivity index (χ2v) is 3.67. The fourth-order valence-electron chi connectivity index (χ4n) is 1.83. The van der Waals surface area contributed by atoms with Crippen molar-refractivity contribution in [1.82, 2.24) is 20.5 Å². The highest BCUT2D eigenvalue weighted by atomic mass is 16.7. The highest BCUT2D eigenvalue weighted by Gasteiger charge is 2.15. The largest absolute Gasteiger partial charge is 0.404 e. The number of rotatable bonds is 2. The number of fused-ring (bicyclic) bond motifs is 1. The first kappa shape index (κ1) is 8.67. The molecule has 3 rings (SSSR count). The fourth-order valence-corrected chi connectivity index (χ4v) is 1.83. The van der Waals surface area contributed by atoms with Crippen LogP contribution in [0.1, 0.15) is 12.8 Å². The summed E-state index contributed by atoms with van der Waals surface area (Å²) in [6.07, 6.45) is 2.41. The van der Waals surface area contributed by atoms with Crippen LogP contribution in [0.25, 0.3) is 11.0 Å². The van der Waals surface area contributed by atoms with Gasteiger partial charge in [0.2, 0.25) is 0 Å². The van der Waals surface area contributed by atoms with Crippen molar-refractivity contribution in [1.29, 1.82) is 0 Å². The number of benzene rings is 1. The van der Waals surface area contributed by atoms with Gasteiger partial charge in [-0.05, 0) is 25.0 Å². The predicted molar refractivity (Wildman–Crippen MR) is 55.3 cm³/mol. The lowest BCUT2D eigenvalue weighted by molar-refractivity contribution is -0.0332. The average Bonchev–Trinajstić information content (AvgIpc) is 2.87. The van der Waals surface area contributed by atoms with Crippen LogP contribution in [-0.4, -0.2) is 33.6 Å². The van der Waals surface area contributed by atoms with Gasteiger partial charge in [0.25, 0.3) is 0 Å². The number of para-hydroxylation sites is 1. The Morgan fingerprint density at radius 3 is 2.93 bits per heavy atom. The van der Waals surface area contributed by atoms with Crippen molar-refractivity contribution in [3.05, 3.63) is 18.2 Å². The fraction of sp³-hybridized carbons (Fsp3) is 0.400. The molecule has 0 saturated carbocycles. The summed E-state index contributed by atoms with van der Waals surface area (Å²) >= 11 is 0. The van der Waals surface area contributed by atoms with Gasteiger partial charge in [0.1, 0.15) is 5.52 Å². The third kappa shape index (κ3) is 1.55. The van der Waals surface area contributed by atoms with Crippen molar-refractivity contribution in [2.24, 2.45) is 0 Å². The molecule has 0 spiro atoms. The van der Waals surface area contributed by atoms with E-state index in [-0.39, 0.29) is 0 Å². The summed E-state index contributed by atoms with van der Waals surface area (Å²) in [5, 5.41) is 12.7. The third-order valence-electron chi connectivity index (χ3n) is 2.60. The van der Waals surface area contributed by atoms with Crippen molar-refractivity contribution in [3.8, 4) is 5.75 Å². The van der Waals surface area contributed by atoms with Crippen LogP contribution >= 0.6 is 0 Å². The minimum absolute atomic E-state index is 0.781. The molecule has 1 aromatic heterocycles. The van der Waals surface area contributed by atoms with Crippen molar-refractivity contribution in [2.45, 2.75) is 12.8 Å². The summed E-state index contributed by atoms with van der Waals surface area (Å²) in [6, 6.07) is 5.76. The van der Waals surface area contributed by atoms with E-state index < -0.39 is 0 Å². The number of aromatic nitrogens is 3. The van der Waals surface area contributed by atoms with E-state index >= 15 is 0 Å². The molecule has 2 aromatic rings. The minimum atomic E-state index is 0.781. The molecule has 5 heteroatoms. The van der Waals surface area contributed by atoms with Gasteiger partial charge in [-0.25, -0.2) is 0 Å². The Balaban J connectivity index is 1.92. The summed E-state index contributed by atoms with van der Waals surface area (Å²) in [7, 11) is 0. The molecule has 0 atom stereocenters. The second-order valence-electron chi connectivity index (χ2n) is 3.67. The molecule has 0 bridgehead atoms. The van der Waals surface area contributed by atoms with Crippen molar-refractivity contribution < 1.29 is 4.84 Å². The highest BCUT2D eigenvalue weighted by molar-refractivity contribution is 5.80. The van der Waals surface area contributed by atoms with E-state index in [9.17, 15) is 0 Å². The van der Waals surface area contributed by atoms with Crippen molar-refractivity contribution >= 4 is 11.0 Å². The first-order chi connectivity index (χ1) is 7.43. The van der Waals surface area contributed by atoms with Crippen LogP contribution in [0.3, 0.4) is 0 Å². The lowest BCUT2D eigenvalue weighted by Crippen LogP contribution is -2.23. The zero-order chi connectivity index (χ0) is 10.1. The number of aromatic amines is 1. The smallest absolute Gasteiger partial charge is 0.177 e. The second kappa shape index (κ2) is 3.51. The van der Waals surface area contributed by atoms with Crippen molar-refractivity contribution in [2.75, 3.05) is 13.1 Å². The van der Waals surface area contributed by atoms with E-state index in [1.165, 1.54) is 12.8 Å². The van der Waals surface area contributed by atoms with Gasteiger partial charge in [-0.2, -0.15) is 15.4 Å². The maximum absolute atomic E-state index is 5.76. The van der Waals surface area contributed by atoms with E-state index in [0.717, 1.165) is 29.9 Å². The molecular formula is C10H12N4O. The Morgan fingerprint density at radius 1 is 1.20 bits per heavy atom. The molecule has 1 N–H and O–H groups in total. The molecule has 0 unspecified atom stereocenters. The first-order valence-electron chi connectivity index (χ1n) is 5.16. The molecule has 1 aromatic carbocycles. The number of hydrogen-bond donors (Lipinski definition) is 1. The average molecular weight is 204 g/mol. The Kier molecular flexibility index (Phi) is 2.03. The molecule has 1 fully saturated rings. The predicted octanol–water partition coefficient (Wildman–Crippen LogP) is 1.35. The van der Waals surface area contributed by atoms with Crippen LogP contribution in [0.5, 0.6) is 5.75 Å². The van der Waals surface area contributed by atoms with Gasteiger partial charge in [0.05, 0.1) is 0 Å². The topological polar surface area (TPSA) is 54.0 Å². The molecule has 0 radical (unpaired) electrons. The molecule has 1 saturated heterocycles. The summed E-state index contributed by atoms with van der Waals surface area (Å²) in [5.41, 5.74) is 1.64. The summed E-state index contributed by atoms with van der Waals surface area (Å²) in [4.78, 5) is 5.76. The molecule has 15 heavy (non-hydrogen) atoms. The normalized spacial score (nSPS) is 17.3. The quantitative estimate of drug-likeness (QED) is 0.802. The summed E-state index contributed by atoms with van der Waals surface area (Å²) < 4.78 is 0. The van der Waals surface area contributed by atoms with Crippen LogP contribution in [0.4, 0.5) is 0 Å². The van der Waals surface area contributed by atoms with Gasteiger partial charge in [0.15, 0.2) is 11.3 Å². The molecule has 0 amide bonds. The Hall–Kier alpha value is -1.62. The first-order valence-corrected chi connectivity index (χ1v) is 5.16. The van der Waals surface area contributed by atoms with Gasteiger partial charge in [-0.1, -0.05) is 6.07 Å². The van der Waals surface area contributed by atoms with Crippen LogP contribution in [-0.2, 0) is 0 Å². The van der Waals surface area contributed by atoms with Gasteiger partial charge in [-0.3, -0.25) is 0 Å². The molecule has 0 aliphatic carbocycles. The molecule has 5 nitrogen and oxygen atoms in total. The molecular weight excluding hydrogens is 192 g/mol. The van der Waals surface area contributed by atoms with E-state index in [0.29, 0.717) is 0 Å². The maximum atomic E-state index is 5.76. The van der Waals surface area contributed by atoms with E-state index in [1.54, 1.807) is 0 Å². The monoisotopic (exact) mass is 204 g/mol. The summed E-state index contributed by atoms with van der Waals surface area (Å²) in [6.45, 7) is 1.99. The number of nitrogens with zero attached hydrogens (tertiary/aromatic N) is 3. The van der Waals surface area contributed by atoms with Gasteiger partial charge < -0.3 is 4.84 Å². The van der Waals surface area contributed by atoms with E-state index in [1.807, 2.05) is 23.3 Å². The lowest BCUT2D eigenvalue weighted by atomic mass is 10.3. The molecule has 78 valence electrons. The molecule has 2 heterocycles. The Morgan fingerprint density at radius 2 is 2.07 bits per heavy atom. The van der Waals surface area contributed by atoms with E-state index in [2.05, 4.69) is 15.4 Å². The summed E-state index contributed by atoms with van der Waals surface area (Å²) in [5.74, 6) is 0.781. The maximum Gasteiger partial charge on any atom is 0.177 e. The standard InChI is InChI=1S/C10H12N4O/c1-2-7-14(6-1)15-9-5-3-4-8-10(9)12-13-11-8/h3-5H,1-2,6-7H2,(H,11,12,13). The van der Waals surface area contributed by atoms with E-state index in [4.69, 9.17) is 4.84 Å². The number of H-pyrrole nitrogens is 1. The van der Waals surface area contributed by atoms with Crippen LogP contribution in [0, 0.1) is 0 Å². The van der Waals surface area contributed by atoms with Crippen LogP contribution in [0.15, 0.2) is 18.2 Å². The minimum Gasteiger partial charge on any atom is -0.404 e. The third-order valence-corrected chi connectivity index (χ3v) is 2.60. The number of hydroxylamine groups is 2. The van der Waals surface area contributed by atoms with Crippen LogP contribution in [0.2, 0.25) is 0 Å². The number of hydrogen-bond acceptors (Lipinski definition) is 4. The SMILES string of the molecule is c1cc(ON2CCCC2)c2n[nH]nc2c1. The lowest BCUT2D eigenvalue weighted by Gasteiger charge is -2.15. The molecule has 1 aliphatic heterocycles. The molecule has 1 aliphatic rings. The Labute approximate surface area is 87.0 Å². The van der Waals surface area contributed by atoms with Crippen molar-refractivity contribution in [3.63, 3.8) is 0 Å². The highest BCUT2D eigenvalue weighted by Crippen LogP contribution is 2.23.